The topological polar surface area (TPSA) is 147 Å². The summed E-state index contributed by atoms with van der Waals surface area (Å²) in [7, 11) is -3.07. The maximum absolute atomic E-state index is 13.0. The number of benzene rings is 1. The van der Waals surface area contributed by atoms with Crippen LogP contribution < -0.4 is 5.14 Å². The number of carbonyl (C=O) groups excluding carboxylic acids is 2. The number of nitrogens with two attached hydrogens (primary N) is 1. The highest BCUT2D eigenvalue weighted by atomic mass is 32.2. The van der Waals surface area contributed by atoms with E-state index in [1.165, 1.54) is 12.3 Å². The summed E-state index contributed by atoms with van der Waals surface area (Å²) in [5.41, 5.74) is 0.0292. The van der Waals surface area contributed by atoms with Gasteiger partial charge in [0.1, 0.15) is 5.60 Å². The lowest BCUT2D eigenvalue weighted by atomic mass is 10.1. The summed E-state index contributed by atoms with van der Waals surface area (Å²) in [6.07, 6.45) is 0.780. The molecule has 1 saturated heterocycles. The number of carbonyl (C=O) groups is 2. The van der Waals surface area contributed by atoms with E-state index in [0.29, 0.717) is 46.2 Å². The van der Waals surface area contributed by atoms with Crippen molar-refractivity contribution in [1.82, 2.24) is 13.2 Å². The Morgan fingerprint density at radius 1 is 1.06 bits per heavy atom. The Kier molecular flexibility index (Phi) is 7.62. The molecule has 186 valence electrons. The SMILES string of the molecule is COC(=O)c1c(-c2ccc([S+]([O-])N3CCN(C(=O)OC(C)(C)C)CC3)cc2)ccn1S(N)(=O)=O. The first-order chi connectivity index (χ1) is 15.8. The second kappa shape index (κ2) is 9.96. The van der Waals surface area contributed by atoms with Crippen LogP contribution in [0.3, 0.4) is 0 Å². The molecule has 1 fully saturated rings. The Balaban J connectivity index is 1.73. The molecule has 0 saturated carbocycles. The normalized spacial score (nSPS) is 16.2. The van der Waals surface area contributed by atoms with Crippen molar-refractivity contribution < 1.29 is 32.0 Å². The Bertz CT molecular complexity index is 1150. The molecular weight excluding hydrogens is 484 g/mol. The molecule has 2 aromatic rings. The van der Waals surface area contributed by atoms with Gasteiger partial charge >= 0.3 is 22.3 Å². The van der Waals surface area contributed by atoms with E-state index in [0.717, 1.165) is 7.11 Å². The minimum absolute atomic E-state index is 0.225. The van der Waals surface area contributed by atoms with E-state index in [4.69, 9.17) is 14.6 Å². The van der Waals surface area contributed by atoms with Crippen LogP contribution in [0, 0.1) is 0 Å². The highest BCUT2D eigenvalue weighted by Gasteiger charge is 2.32. The zero-order valence-corrected chi connectivity index (χ0v) is 21.0. The highest BCUT2D eigenvalue weighted by molar-refractivity contribution is 7.89. The van der Waals surface area contributed by atoms with Crippen LogP contribution in [0.5, 0.6) is 0 Å². The predicted octanol–water partition coefficient (Wildman–Crippen LogP) is 1.57. The van der Waals surface area contributed by atoms with E-state index in [2.05, 4.69) is 0 Å². The molecule has 2 N–H and O–H groups in total. The number of aromatic nitrogens is 1. The van der Waals surface area contributed by atoms with Crippen molar-refractivity contribution in [1.29, 1.82) is 0 Å². The fourth-order valence-corrected chi connectivity index (χ4v) is 5.24. The van der Waals surface area contributed by atoms with Crippen LogP contribution in [0.1, 0.15) is 31.3 Å². The molecule has 1 aromatic heterocycles. The van der Waals surface area contributed by atoms with Crippen LogP contribution >= 0.6 is 0 Å². The number of ether oxygens (including phenoxy) is 2. The first kappa shape index (κ1) is 26.0. The first-order valence-corrected chi connectivity index (χ1v) is 13.0. The lowest BCUT2D eigenvalue weighted by molar-refractivity contribution is 0.0192. The van der Waals surface area contributed by atoms with Crippen molar-refractivity contribution in [2.75, 3.05) is 33.3 Å². The number of nitrogens with zero attached hydrogens (tertiary/aromatic N) is 3. The number of hydrogen-bond donors (Lipinski definition) is 1. The van der Waals surface area contributed by atoms with Crippen molar-refractivity contribution in [3.63, 3.8) is 0 Å². The summed E-state index contributed by atoms with van der Waals surface area (Å²) in [4.78, 5) is 26.6. The minimum Gasteiger partial charge on any atom is -0.593 e. The van der Waals surface area contributed by atoms with Crippen molar-refractivity contribution in [2.24, 2.45) is 5.14 Å². The molecule has 3 rings (SSSR count). The van der Waals surface area contributed by atoms with Gasteiger partial charge in [-0.05, 0) is 56.7 Å². The molecule has 13 heteroatoms. The maximum Gasteiger partial charge on any atom is 0.410 e. The first-order valence-electron chi connectivity index (χ1n) is 10.4. The second-order valence-electron chi connectivity index (χ2n) is 8.58. The quantitative estimate of drug-likeness (QED) is 0.469. The van der Waals surface area contributed by atoms with Crippen LogP contribution in [-0.2, 0) is 31.0 Å². The molecule has 0 radical (unpaired) electrons. The monoisotopic (exact) mass is 512 g/mol. The number of hydrogen-bond acceptors (Lipinski definition) is 8. The van der Waals surface area contributed by atoms with Crippen LogP contribution in [0.25, 0.3) is 11.1 Å². The largest absolute Gasteiger partial charge is 0.593 e. The van der Waals surface area contributed by atoms with E-state index >= 15 is 0 Å². The van der Waals surface area contributed by atoms with E-state index in [1.54, 1.807) is 54.2 Å². The number of rotatable bonds is 5. The second-order valence-corrected chi connectivity index (χ2v) is 11.5. The Morgan fingerprint density at radius 3 is 2.15 bits per heavy atom. The molecule has 1 unspecified atom stereocenters. The summed E-state index contributed by atoms with van der Waals surface area (Å²) in [5.74, 6) is -0.857. The average molecular weight is 513 g/mol. The van der Waals surface area contributed by atoms with E-state index in [1.807, 2.05) is 0 Å². The van der Waals surface area contributed by atoms with Crippen molar-refractivity contribution in [2.45, 2.75) is 31.3 Å². The zero-order valence-electron chi connectivity index (χ0n) is 19.4. The maximum atomic E-state index is 13.0. The fraction of sp³-hybridized carbons (Fsp3) is 0.429. The zero-order chi connectivity index (χ0) is 25.3. The van der Waals surface area contributed by atoms with Gasteiger partial charge in [0, 0.05) is 24.8 Å². The standard InChI is InChI=1S/C21H28N4O7S2/c1-21(2,3)32-20(27)23-11-13-24(14-12-23)33(28)16-7-5-15(6-8-16)17-9-10-25(34(22,29)30)18(17)19(26)31-4/h5-10H,11-14H2,1-4H3,(H2,22,29,30). The van der Waals surface area contributed by atoms with Gasteiger partial charge in [0.25, 0.3) is 0 Å². The lowest BCUT2D eigenvalue weighted by Crippen LogP contribution is -2.51. The van der Waals surface area contributed by atoms with Gasteiger partial charge in [0.15, 0.2) is 10.6 Å². The van der Waals surface area contributed by atoms with Gasteiger partial charge in [-0.15, -0.1) is 4.31 Å². The van der Waals surface area contributed by atoms with Crippen LogP contribution in [0.15, 0.2) is 41.4 Å². The van der Waals surface area contributed by atoms with Gasteiger partial charge in [-0.25, -0.2) is 18.7 Å². The summed E-state index contributed by atoms with van der Waals surface area (Å²) in [5, 5.41) is 5.20. The molecule has 0 spiro atoms. The van der Waals surface area contributed by atoms with Crippen molar-refractivity contribution in [3.05, 3.63) is 42.2 Å². The van der Waals surface area contributed by atoms with Gasteiger partial charge in [-0.1, -0.05) is 0 Å². The molecule has 11 nitrogen and oxygen atoms in total. The lowest BCUT2D eigenvalue weighted by Gasteiger charge is -2.35. The summed E-state index contributed by atoms with van der Waals surface area (Å²) in [6, 6.07) is 8.00. The molecule has 1 aromatic carbocycles. The molecule has 2 heterocycles. The number of methoxy groups -OCH3 is 1. The number of piperazine rings is 1. The van der Waals surface area contributed by atoms with Crippen molar-refractivity contribution >= 4 is 33.6 Å². The third-order valence-electron chi connectivity index (χ3n) is 5.00. The molecular formula is C21H28N4O7S2. The Hall–Kier alpha value is -2.58. The van der Waals surface area contributed by atoms with Crippen LogP contribution in [0.4, 0.5) is 4.79 Å². The smallest absolute Gasteiger partial charge is 0.410 e. The van der Waals surface area contributed by atoms with E-state index < -0.39 is 39.2 Å². The Labute approximate surface area is 201 Å². The molecule has 1 aliphatic rings. The highest BCUT2D eigenvalue weighted by Crippen LogP contribution is 2.28. The molecule has 0 aliphatic carbocycles. The summed E-state index contributed by atoms with van der Waals surface area (Å²) >= 11 is -1.46. The summed E-state index contributed by atoms with van der Waals surface area (Å²) in [6.45, 7) is 7.02. The van der Waals surface area contributed by atoms with E-state index in [9.17, 15) is 22.6 Å². The van der Waals surface area contributed by atoms with Gasteiger partial charge in [0.2, 0.25) is 0 Å². The van der Waals surface area contributed by atoms with E-state index in [-0.39, 0.29) is 5.69 Å². The number of amides is 1. The predicted molar refractivity (Wildman–Crippen MR) is 126 cm³/mol. The third-order valence-corrected chi connectivity index (χ3v) is 7.36. The molecule has 34 heavy (non-hydrogen) atoms. The van der Waals surface area contributed by atoms with Crippen LogP contribution in [0.2, 0.25) is 0 Å². The number of esters is 1. The molecule has 1 aliphatic heterocycles. The van der Waals surface area contributed by atoms with Gasteiger partial charge in [-0.3, -0.25) is 0 Å². The third kappa shape index (κ3) is 5.91. The fourth-order valence-electron chi connectivity index (χ4n) is 3.42. The summed E-state index contributed by atoms with van der Waals surface area (Å²) < 4.78 is 49.2. The van der Waals surface area contributed by atoms with Gasteiger partial charge < -0.3 is 18.9 Å². The molecule has 1 atom stereocenters. The van der Waals surface area contributed by atoms with Gasteiger partial charge in [0.05, 0.1) is 31.6 Å². The molecule has 0 bridgehead atoms. The average Bonchev–Trinajstić information content (AvgIpc) is 3.23. The Morgan fingerprint density at radius 2 is 1.65 bits per heavy atom. The van der Waals surface area contributed by atoms with Crippen LogP contribution in [-0.4, -0.2) is 77.1 Å². The minimum atomic E-state index is -4.21. The molecule has 1 amide bonds. The van der Waals surface area contributed by atoms with Crippen molar-refractivity contribution in [3.8, 4) is 11.1 Å². The van der Waals surface area contributed by atoms with Gasteiger partial charge in [-0.2, -0.15) is 8.42 Å².